The lowest BCUT2D eigenvalue weighted by Gasteiger charge is -2.10. The van der Waals surface area contributed by atoms with E-state index in [2.05, 4.69) is 172 Å². The monoisotopic (exact) mass is 784 g/mol. The number of aryl methyl sites for hydroxylation is 1. The molecular weight excluding hydrogens is 707 g/mol. The number of hydrogen-bond donors (Lipinski definition) is 1. The van der Waals surface area contributed by atoms with E-state index in [0.717, 1.165) is 51.2 Å². The molecule has 0 radical (unpaired) electrons. The summed E-state index contributed by atoms with van der Waals surface area (Å²) >= 11 is 0. The smallest absolute Gasteiger partial charge is 0.117 e. The minimum absolute atomic E-state index is 0.813. The van der Waals surface area contributed by atoms with E-state index in [0.29, 0.717) is 0 Å². The normalized spacial score (nSPS) is 9.71. The molecule has 1 N–H and O–H groups in total. The van der Waals surface area contributed by atoms with Crippen LogP contribution in [0.3, 0.4) is 0 Å². The van der Waals surface area contributed by atoms with Crippen LogP contribution >= 0.6 is 0 Å². The lowest BCUT2D eigenvalue weighted by atomic mass is 10.0. The van der Waals surface area contributed by atoms with Crippen LogP contribution in [0.25, 0.3) is 33.7 Å². The summed E-state index contributed by atoms with van der Waals surface area (Å²) in [5.74, 6) is 0. The molecule has 0 saturated heterocycles. The van der Waals surface area contributed by atoms with Gasteiger partial charge in [0, 0.05) is 19.0 Å². The summed E-state index contributed by atoms with van der Waals surface area (Å²) in [4.78, 5) is 0. The molecular formula is C53H77N5. The first-order valence-electron chi connectivity index (χ1n) is 21.7. The van der Waals surface area contributed by atoms with Crippen molar-refractivity contribution in [2.75, 3.05) is 18.9 Å². The predicted octanol–water partition coefficient (Wildman–Crippen LogP) is 19.0. The molecule has 0 amide bonds. The fraction of sp³-hybridized carbons (Fsp3) is 0.358. The summed E-state index contributed by atoms with van der Waals surface area (Å²) in [5, 5.41) is 25.2. The predicted molar refractivity (Wildman–Crippen MR) is 265 cm³/mol. The summed E-state index contributed by atoms with van der Waals surface area (Å²) in [6, 6.07) is 43.3. The molecule has 0 aliphatic carbocycles. The standard InChI is InChI=1S/C28H27N5.C10H8.3C3H8.3C2H6/c1-4-30-27-18-12-23-19-20(2)5-17-26(23)28(27)33-32-25-15-10-22(11-16-25)7-6-21-8-13-24(14-9-21)31-29-3;1-2-6-10-8-4-3-7-9(10)5-1;3*1-3-2;3*1-2/h5-19,30H,4H2,1-3H3;1-8H;3*3H2,1-2H3;3*1-2H3. The topological polar surface area (TPSA) is 61.5 Å². The molecule has 0 bridgehead atoms. The van der Waals surface area contributed by atoms with Crippen molar-refractivity contribution in [1.29, 1.82) is 0 Å². The Morgan fingerprint density at radius 3 is 1.28 bits per heavy atom. The summed E-state index contributed by atoms with van der Waals surface area (Å²) in [6.45, 7) is 29.8. The van der Waals surface area contributed by atoms with Gasteiger partial charge >= 0.3 is 0 Å². The summed E-state index contributed by atoms with van der Waals surface area (Å²) in [6.07, 6.45) is 7.90. The highest BCUT2D eigenvalue weighted by Gasteiger charge is 2.07. The Morgan fingerprint density at radius 2 is 0.879 bits per heavy atom. The number of nitrogens with zero attached hydrogens (tertiary/aromatic N) is 4. The third-order valence-corrected chi connectivity index (χ3v) is 6.91. The minimum Gasteiger partial charge on any atom is -0.384 e. The number of azo groups is 2. The molecule has 0 spiro atoms. The Kier molecular flexibility index (Phi) is 35.0. The van der Waals surface area contributed by atoms with Gasteiger partial charge in [0.05, 0.1) is 17.1 Å². The zero-order valence-electron chi connectivity index (χ0n) is 38.9. The van der Waals surface area contributed by atoms with Crippen LogP contribution < -0.4 is 5.32 Å². The van der Waals surface area contributed by atoms with Crippen LogP contribution in [0.15, 0.2) is 148 Å². The first kappa shape index (κ1) is 54.7. The van der Waals surface area contributed by atoms with Gasteiger partial charge in [-0.3, -0.25) is 0 Å². The molecule has 6 aromatic rings. The van der Waals surface area contributed by atoms with Crippen LogP contribution in [0.2, 0.25) is 0 Å². The van der Waals surface area contributed by atoms with Crippen molar-refractivity contribution in [3.8, 4) is 0 Å². The minimum atomic E-state index is 0.813. The first-order valence-corrected chi connectivity index (χ1v) is 21.7. The van der Waals surface area contributed by atoms with E-state index in [1.807, 2.05) is 90.1 Å². The Bertz CT molecular complexity index is 1870. The lowest BCUT2D eigenvalue weighted by Crippen LogP contribution is -1.96. The number of benzene rings is 6. The van der Waals surface area contributed by atoms with E-state index in [-0.39, 0.29) is 0 Å². The zero-order valence-corrected chi connectivity index (χ0v) is 38.9. The third-order valence-electron chi connectivity index (χ3n) is 6.91. The molecule has 5 nitrogen and oxygen atoms in total. The highest BCUT2D eigenvalue weighted by atomic mass is 15.1. The van der Waals surface area contributed by atoms with E-state index >= 15 is 0 Å². The number of anilines is 1. The van der Waals surface area contributed by atoms with Gasteiger partial charge in [-0.2, -0.15) is 15.3 Å². The molecule has 0 aliphatic heterocycles. The maximum Gasteiger partial charge on any atom is 0.117 e. The summed E-state index contributed by atoms with van der Waals surface area (Å²) in [7, 11) is 1.67. The van der Waals surface area contributed by atoms with E-state index in [9.17, 15) is 0 Å². The van der Waals surface area contributed by atoms with Crippen molar-refractivity contribution in [3.63, 3.8) is 0 Å². The van der Waals surface area contributed by atoms with Crippen molar-refractivity contribution in [2.24, 2.45) is 20.5 Å². The number of hydrogen-bond acceptors (Lipinski definition) is 5. The maximum atomic E-state index is 4.63. The van der Waals surface area contributed by atoms with Crippen LogP contribution in [-0.2, 0) is 0 Å². The summed E-state index contributed by atoms with van der Waals surface area (Å²) < 4.78 is 0. The molecule has 0 atom stereocenters. The molecule has 58 heavy (non-hydrogen) atoms. The quantitative estimate of drug-likeness (QED) is 0.127. The molecule has 0 saturated carbocycles. The highest BCUT2D eigenvalue weighted by Crippen LogP contribution is 2.36. The van der Waals surface area contributed by atoms with E-state index < -0.39 is 0 Å². The molecule has 0 unspecified atom stereocenters. The Morgan fingerprint density at radius 1 is 0.466 bits per heavy atom. The van der Waals surface area contributed by atoms with Gasteiger partial charge in [-0.15, -0.1) is 5.11 Å². The SMILES string of the molecule is CC.CC.CC.CCC.CCC.CCC.CCNc1ccc2cc(C)ccc2c1N=Nc1ccc(C=Cc2ccc(N=NC)cc2)cc1.c1ccc2ccccc2c1. The molecule has 0 aromatic heterocycles. The van der Waals surface area contributed by atoms with Gasteiger partial charge in [0.2, 0.25) is 0 Å². The fourth-order valence-electron chi connectivity index (χ4n) is 4.73. The number of nitrogens with one attached hydrogen (secondary N) is 1. The largest absolute Gasteiger partial charge is 0.384 e. The van der Waals surface area contributed by atoms with E-state index in [1.54, 1.807) is 7.05 Å². The average molecular weight is 784 g/mol. The Balaban J connectivity index is 0. The Labute approximate surface area is 354 Å². The van der Waals surface area contributed by atoms with Gasteiger partial charge in [-0.1, -0.05) is 217 Å². The van der Waals surface area contributed by atoms with Crippen molar-refractivity contribution in [2.45, 2.75) is 116 Å². The number of rotatable bonds is 7. The molecule has 6 rings (SSSR count). The highest BCUT2D eigenvalue weighted by molar-refractivity contribution is 5.98. The van der Waals surface area contributed by atoms with Gasteiger partial charge in [0.1, 0.15) is 5.69 Å². The Hall–Kier alpha value is -5.42. The van der Waals surface area contributed by atoms with Crippen LogP contribution in [-0.4, -0.2) is 13.6 Å². The number of fused-ring (bicyclic) bond motifs is 2. The lowest BCUT2D eigenvalue weighted by molar-refractivity contribution is 1.09. The van der Waals surface area contributed by atoms with Gasteiger partial charge < -0.3 is 5.32 Å². The molecule has 0 fully saturated rings. The van der Waals surface area contributed by atoms with Crippen molar-refractivity contribution < 1.29 is 0 Å². The van der Waals surface area contributed by atoms with Crippen LogP contribution in [0.4, 0.5) is 22.7 Å². The molecule has 0 aliphatic rings. The van der Waals surface area contributed by atoms with Crippen molar-refractivity contribution in [3.05, 3.63) is 144 Å². The fourth-order valence-corrected chi connectivity index (χ4v) is 4.73. The van der Waals surface area contributed by atoms with Gasteiger partial charge in [0.15, 0.2) is 0 Å². The van der Waals surface area contributed by atoms with Gasteiger partial charge in [-0.25, -0.2) is 0 Å². The second-order valence-corrected chi connectivity index (χ2v) is 12.2. The zero-order chi connectivity index (χ0) is 44.0. The summed E-state index contributed by atoms with van der Waals surface area (Å²) in [5.41, 5.74) is 6.95. The van der Waals surface area contributed by atoms with E-state index in [1.165, 1.54) is 35.6 Å². The van der Waals surface area contributed by atoms with Crippen LogP contribution in [0.5, 0.6) is 0 Å². The first-order chi connectivity index (χ1) is 28.4. The van der Waals surface area contributed by atoms with Gasteiger partial charge in [0.25, 0.3) is 0 Å². The second kappa shape index (κ2) is 37.2. The average Bonchev–Trinajstić information content (AvgIpc) is 3.27. The second-order valence-electron chi connectivity index (χ2n) is 12.2. The van der Waals surface area contributed by atoms with Crippen LogP contribution in [0.1, 0.15) is 126 Å². The molecule has 314 valence electrons. The molecule has 5 heteroatoms. The molecule has 0 heterocycles. The van der Waals surface area contributed by atoms with Crippen LogP contribution in [0, 0.1) is 6.92 Å². The van der Waals surface area contributed by atoms with E-state index in [4.69, 9.17) is 0 Å². The van der Waals surface area contributed by atoms with Crippen molar-refractivity contribution in [1.82, 2.24) is 0 Å². The maximum absolute atomic E-state index is 4.63. The molecule has 6 aromatic carbocycles. The third kappa shape index (κ3) is 22.4. The van der Waals surface area contributed by atoms with Gasteiger partial charge in [-0.05, 0) is 71.5 Å². The van der Waals surface area contributed by atoms with Crippen molar-refractivity contribution >= 4 is 56.4 Å².